The summed E-state index contributed by atoms with van der Waals surface area (Å²) in [5.41, 5.74) is 1.33. The van der Waals surface area contributed by atoms with E-state index in [4.69, 9.17) is 0 Å². The quantitative estimate of drug-likeness (QED) is 0.349. The van der Waals surface area contributed by atoms with E-state index in [1.807, 2.05) is 17.0 Å². The molecule has 0 unspecified atom stereocenters. The van der Waals surface area contributed by atoms with E-state index in [1.54, 1.807) is 18.2 Å². The molecule has 10 nitrogen and oxygen atoms in total. The number of amides is 1. The number of hydrogen-bond acceptors (Lipinski definition) is 8. The van der Waals surface area contributed by atoms with Crippen molar-refractivity contribution in [2.24, 2.45) is 5.92 Å². The molecule has 2 aromatic heterocycles. The number of nitrogens with zero attached hydrogens (tertiary/aromatic N) is 4. The molecule has 3 heterocycles. The second kappa shape index (κ2) is 11.4. The van der Waals surface area contributed by atoms with E-state index in [-0.39, 0.29) is 17.0 Å². The lowest BCUT2D eigenvalue weighted by Crippen LogP contribution is -2.39. The number of benzene rings is 2. The Morgan fingerprint density at radius 3 is 2.54 bits per heavy atom. The van der Waals surface area contributed by atoms with Crippen molar-refractivity contribution in [2.45, 2.75) is 19.3 Å². The minimum Gasteiger partial charge on any atom is -0.465 e. The molecule has 39 heavy (non-hydrogen) atoms. The third-order valence-corrected chi connectivity index (χ3v) is 6.93. The fourth-order valence-electron chi connectivity index (χ4n) is 4.73. The smallest absolute Gasteiger partial charge is 0.341 e. The summed E-state index contributed by atoms with van der Waals surface area (Å²) in [5.74, 6) is -0.800. The summed E-state index contributed by atoms with van der Waals surface area (Å²) < 4.78 is 19.3. The molecule has 0 spiro atoms. The third kappa shape index (κ3) is 5.77. The first-order valence-electron chi connectivity index (χ1n) is 12.6. The lowest BCUT2D eigenvalue weighted by molar-refractivity contribution is 0.0599. The molecule has 0 bridgehead atoms. The number of fused-ring (bicyclic) bond motifs is 1. The van der Waals surface area contributed by atoms with Crippen LogP contribution in [0.15, 0.2) is 59.7 Å². The van der Waals surface area contributed by atoms with Gasteiger partial charge >= 0.3 is 5.97 Å². The number of esters is 1. The van der Waals surface area contributed by atoms with E-state index < -0.39 is 17.7 Å². The van der Waals surface area contributed by atoms with Crippen molar-refractivity contribution in [3.63, 3.8) is 0 Å². The molecule has 1 amide bonds. The lowest BCUT2D eigenvalue weighted by Gasteiger charge is -2.32. The van der Waals surface area contributed by atoms with Crippen molar-refractivity contribution in [1.82, 2.24) is 25.5 Å². The largest absolute Gasteiger partial charge is 0.465 e. The minimum atomic E-state index is -0.599. The van der Waals surface area contributed by atoms with Gasteiger partial charge in [-0.3, -0.25) is 9.59 Å². The third-order valence-electron chi connectivity index (χ3n) is 6.93. The maximum atomic E-state index is 14.6. The van der Waals surface area contributed by atoms with Crippen LogP contribution in [0.3, 0.4) is 0 Å². The van der Waals surface area contributed by atoms with E-state index >= 15 is 0 Å². The van der Waals surface area contributed by atoms with E-state index in [0.717, 1.165) is 12.8 Å². The molecule has 2 aromatic carbocycles. The van der Waals surface area contributed by atoms with Gasteiger partial charge in [0.1, 0.15) is 5.82 Å². The Kier molecular flexibility index (Phi) is 7.57. The zero-order valence-electron chi connectivity index (χ0n) is 21.3. The summed E-state index contributed by atoms with van der Waals surface area (Å²) in [6.45, 7) is 1.81. The van der Waals surface area contributed by atoms with Gasteiger partial charge in [0.25, 0.3) is 11.5 Å². The standard InChI is InChI=1S/C28H27FN6O4/c1-39-27(38)19-15-31-28(32-16-19)35-10-8-17(9-11-35)14-30-25(36)22-12-18(6-7-23(22)29)13-24-20-4-2-3-5-21(20)26(37)34-33-24/h2-7,12,15-17H,8-11,13-14H2,1H3,(H,30,36)(H,34,37). The molecule has 200 valence electrons. The van der Waals surface area contributed by atoms with Gasteiger partial charge in [0.2, 0.25) is 5.95 Å². The Labute approximate surface area is 223 Å². The predicted octanol–water partition coefficient (Wildman–Crippen LogP) is 2.88. The van der Waals surface area contributed by atoms with Crippen LogP contribution in [0.4, 0.5) is 10.3 Å². The van der Waals surface area contributed by atoms with E-state index in [1.165, 1.54) is 31.6 Å². The van der Waals surface area contributed by atoms with Gasteiger partial charge in [0, 0.05) is 43.8 Å². The van der Waals surface area contributed by atoms with Gasteiger partial charge in [-0.25, -0.2) is 24.3 Å². The molecule has 2 N–H and O–H groups in total. The minimum absolute atomic E-state index is 0.0299. The van der Waals surface area contributed by atoms with Crippen molar-refractivity contribution in [2.75, 3.05) is 31.6 Å². The molecule has 1 fully saturated rings. The Balaban J connectivity index is 1.18. The highest BCUT2D eigenvalue weighted by Crippen LogP contribution is 2.21. The number of methoxy groups -OCH3 is 1. The van der Waals surface area contributed by atoms with Gasteiger partial charge in [0.15, 0.2) is 0 Å². The fraction of sp³-hybridized carbons (Fsp3) is 0.286. The van der Waals surface area contributed by atoms with Gasteiger partial charge in [-0.05, 0) is 42.5 Å². The van der Waals surface area contributed by atoms with E-state index in [2.05, 4.69) is 30.2 Å². The number of nitrogens with one attached hydrogen (secondary N) is 2. The number of anilines is 1. The number of rotatable bonds is 7. The molecular formula is C28H27FN6O4. The first kappa shape index (κ1) is 26.0. The van der Waals surface area contributed by atoms with Crippen LogP contribution in [-0.2, 0) is 11.2 Å². The van der Waals surface area contributed by atoms with Crippen LogP contribution in [0.25, 0.3) is 10.8 Å². The molecule has 1 aliphatic heterocycles. The molecule has 11 heteroatoms. The van der Waals surface area contributed by atoms with Gasteiger partial charge in [0.05, 0.1) is 29.3 Å². The normalized spacial score (nSPS) is 13.8. The number of carbonyl (C=O) groups is 2. The summed E-state index contributed by atoms with van der Waals surface area (Å²) >= 11 is 0. The predicted molar refractivity (Wildman–Crippen MR) is 142 cm³/mol. The monoisotopic (exact) mass is 530 g/mol. The summed E-state index contributed by atoms with van der Waals surface area (Å²) in [5, 5.41) is 10.8. The summed E-state index contributed by atoms with van der Waals surface area (Å²) in [4.78, 5) is 47.1. The van der Waals surface area contributed by atoms with Crippen LogP contribution in [0, 0.1) is 11.7 Å². The van der Waals surface area contributed by atoms with Gasteiger partial charge in [-0.1, -0.05) is 24.3 Å². The highest BCUT2D eigenvalue weighted by Gasteiger charge is 2.23. The summed E-state index contributed by atoms with van der Waals surface area (Å²) in [7, 11) is 1.30. The molecule has 4 aromatic rings. The molecule has 0 radical (unpaired) electrons. The number of piperidine rings is 1. The van der Waals surface area contributed by atoms with Gasteiger partial charge in [-0.2, -0.15) is 5.10 Å². The molecule has 0 aliphatic carbocycles. The Morgan fingerprint density at radius 1 is 1.10 bits per heavy atom. The number of carbonyl (C=O) groups excluding carboxylic acids is 2. The summed E-state index contributed by atoms with van der Waals surface area (Å²) in [6.07, 6.45) is 4.82. The molecule has 1 saturated heterocycles. The van der Waals surface area contributed by atoms with Crippen molar-refractivity contribution >= 4 is 28.6 Å². The molecule has 1 aliphatic rings. The van der Waals surface area contributed by atoms with E-state index in [9.17, 15) is 18.8 Å². The highest BCUT2D eigenvalue weighted by atomic mass is 19.1. The Bertz CT molecular complexity index is 1560. The second-order valence-corrected chi connectivity index (χ2v) is 9.44. The highest BCUT2D eigenvalue weighted by molar-refractivity contribution is 5.94. The average molecular weight is 531 g/mol. The van der Waals surface area contributed by atoms with Crippen LogP contribution in [0.2, 0.25) is 0 Å². The maximum Gasteiger partial charge on any atom is 0.341 e. The number of ether oxygens (including phenoxy) is 1. The Morgan fingerprint density at radius 2 is 1.82 bits per heavy atom. The first-order valence-corrected chi connectivity index (χ1v) is 12.6. The number of H-pyrrole nitrogens is 1. The van der Waals surface area contributed by atoms with Crippen LogP contribution >= 0.6 is 0 Å². The Hall–Kier alpha value is -4.67. The van der Waals surface area contributed by atoms with Crippen LogP contribution in [0.1, 0.15) is 44.8 Å². The number of aromatic amines is 1. The zero-order valence-corrected chi connectivity index (χ0v) is 21.3. The molecule has 5 rings (SSSR count). The molecular weight excluding hydrogens is 503 g/mol. The van der Waals surface area contributed by atoms with Crippen LogP contribution < -0.4 is 15.8 Å². The van der Waals surface area contributed by atoms with Crippen molar-refractivity contribution < 1.29 is 18.7 Å². The number of halogens is 1. The van der Waals surface area contributed by atoms with Crippen molar-refractivity contribution in [1.29, 1.82) is 0 Å². The zero-order chi connectivity index (χ0) is 27.4. The SMILES string of the molecule is COC(=O)c1cnc(N2CCC(CNC(=O)c3cc(Cc4n[nH]c(=O)c5ccccc45)ccc3F)CC2)nc1. The van der Waals surface area contributed by atoms with Gasteiger partial charge in [-0.15, -0.1) is 0 Å². The van der Waals surface area contributed by atoms with Crippen molar-refractivity contribution in [3.8, 4) is 0 Å². The number of aromatic nitrogens is 4. The van der Waals surface area contributed by atoms with Crippen molar-refractivity contribution in [3.05, 3.63) is 93.4 Å². The second-order valence-electron chi connectivity index (χ2n) is 9.44. The number of hydrogen-bond donors (Lipinski definition) is 2. The maximum absolute atomic E-state index is 14.6. The van der Waals surface area contributed by atoms with Crippen LogP contribution in [-0.4, -0.2) is 58.8 Å². The lowest BCUT2D eigenvalue weighted by atomic mass is 9.96. The molecule has 0 atom stereocenters. The molecule has 0 saturated carbocycles. The van der Waals surface area contributed by atoms with Gasteiger partial charge < -0.3 is 15.0 Å². The summed E-state index contributed by atoms with van der Waals surface area (Å²) in [6, 6.07) is 11.6. The average Bonchev–Trinajstić information content (AvgIpc) is 2.98. The first-order chi connectivity index (χ1) is 18.9. The van der Waals surface area contributed by atoms with E-state index in [0.29, 0.717) is 59.6 Å². The topological polar surface area (TPSA) is 130 Å². The fourth-order valence-corrected chi connectivity index (χ4v) is 4.73. The van der Waals surface area contributed by atoms with Crippen LogP contribution in [0.5, 0.6) is 0 Å².